The van der Waals surface area contributed by atoms with Crippen LogP contribution in [-0.4, -0.2) is 25.0 Å². The highest BCUT2D eigenvalue weighted by molar-refractivity contribution is 5.18. The molecule has 1 atom stereocenters. The minimum absolute atomic E-state index is 0.175. The highest BCUT2D eigenvalue weighted by Gasteiger charge is 2.13. The molecule has 0 aliphatic heterocycles. The van der Waals surface area contributed by atoms with Gasteiger partial charge < -0.3 is 10.6 Å². The number of hydrogen-bond donors (Lipinski definition) is 1. The van der Waals surface area contributed by atoms with Crippen LogP contribution >= 0.6 is 0 Å². The molecule has 1 unspecified atom stereocenters. The Morgan fingerprint density at radius 3 is 2.33 bits per heavy atom. The average molecular weight is 248 g/mol. The lowest BCUT2D eigenvalue weighted by Crippen LogP contribution is -2.30. The summed E-state index contributed by atoms with van der Waals surface area (Å²) in [7, 11) is 2.19. The van der Waals surface area contributed by atoms with Crippen LogP contribution < -0.4 is 5.73 Å². The van der Waals surface area contributed by atoms with Crippen LogP contribution in [0.3, 0.4) is 0 Å². The fourth-order valence-electron chi connectivity index (χ4n) is 2.34. The van der Waals surface area contributed by atoms with Gasteiger partial charge in [0.05, 0.1) is 0 Å². The largest absolute Gasteiger partial charge is 0.324 e. The molecule has 2 N–H and O–H groups in total. The van der Waals surface area contributed by atoms with E-state index in [1.54, 1.807) is 0 Å². The lowest BCUT2D eigenvalue weighted by Gasteiger charge is -2.26. The molecule has 0 aliphatic rings. The van der Waals surface area contributed by atoms with Gasteiger partial charge in [0.1, 0.15) is 0 Å². The predicted octanol–water partition coefficient (Wildman–Crippen LogP) is 3.44. The van der Waals surface area contributed by atoms with Gasteiger partial charge >= 0.3 is 0 Å². The van der Waals surface area contributed by atoms with Crippen molar-refractivity contribution >= 4 is 0 Å². The topological polar surface area (TPSA) is 29.3 Å². The second kappa shape index (κ2) is 6.91. The molecule has 2 heteroatoms. The Bertz CT molecular complexity index is 327. The van der Waals surface area contributed by atoms with Crippen LogP contribution in [0.25, 0.3) is 0 Å². The number of benzene rings is 1. The zero-order valence-corrected chi connectivity index (χ0v) is 12.3. The molecule has 0 fully saturated rings. The minimum Gasteiger partial charge on any atom is -0.324 e. The summed E-state index contributed by atoms with van der Waals surface area (Å²) in [5.41, 5.74) is 7.81. The Hall–Kier alpha value is -0.860. The van der Waals surface area contributed by atoms with Gasteiger partial charge in [-0.1, -0.05) is 51.1 Å². The Labute approximate surface area is 112 Å². The van der Waals surface area contributed by atoms with Crippen molar-refractivity contribution in [3.63, 3.8) is 0 Å². The lowest BCUT2D eigenvalue weighted by atomic mass is 9.96. The molecule has 0 radical (unpaired) electrons. The molecule has 2 nitrogen and oxygen atoms in total. The summed E-state index contributed by atoms with van der Waals surface area (Å²) >= 11 is 0. The third kappa shape index (κ3) is 6.18. The minimum atomic E-state index is 0.175. The normalized spacial score (nSPS) is 13.9. The summed E-state index contributed by atoms with van der Waals surface area (Å²) in [6.45, 7) is 9.09. The smallest absolute Gasteiger partial charge is 0.0295 e. The summed E-state index contributed by atoms with van der Waals surface area (Å²) in [4.78, 5) is 2.40. The van der Waals surface area contributed by atoms with Crippen molar-refractivity contribution in [1.29, 1.82) is 0 Å². The van der Waals surface area contributed by atoms with Crippen LogP contribution in [0, 0.1) is 5.41 Å². The standard InChI is InChI=1S/C16H28N2/c1-16(2,3)13-18(4)12-8-11-15(17)14-9-6-5-7-10-14/h5-7,9-10,15H,8,11-13,17H2,1-4H3. The quantitative estimate of drug-likeness (QED) is 0.835. The Balaban J connectivity index is 2.26. The van der Waals surface area contributed by atoms with Crippen LogP contribution in [0.4, 0.5) is 0 Å². The highest BCUT2D eigenvalue weighted by Crippen LogP contribution is 2.17. The van der Waals surface area contributed by atoms with Crippen molar-refractivity contribution < 1.29 is 0 Å². The van der Waals surface area contributed by atoms with Gasteiger partial charge in [-0.25, -0.2) is 0 Å². The van der Waals surface area contributed by atoms with Gasteiger partial charge in [-0.3, -0.25) is 0 Å². The fourth-order valence-corrected chi connectivity index (χ4v) is 2.34. The molecule has 1 rings (SSSR count). The van der Waals surface area contributed by atoms with E-state index >= 15 is 0 Å². The summed E-state index contributed by atoms with van der Waals surface area (Å²) in [6, 6.07) is 10.6. The summed E-state index contributed by atoms with van der Waals surface area (Å²) in [6.07, 6.45) is 2.21. The van der Waals surface area contributed by atoms with Crippen LogP contribution in [0.5, 0.6) is 0 Å². The lowest BCUT2D eigenvalue weighted by molar-refractivity contribution is 0.222. The van der Waals surface area contributed by atoms with E-state index in [-0.39, 0.29) is 6.04 Å². The number of rotatable bonds is 6. The van der Waals surface area contributed by atoms with Gasteiger partial charge in [0, 0.05) is 12.6 Å². The van der Waals surface area contributed by atoms with E-state index in [0.29, 0.717) is 5.41 Å². The molecule has 0 heterocycles. The molecule has 0 saturated heterocycles. The molecule has 0 saturated carbocycles. The van der Waals surface area contributed by atoms with Gasteiger partial charge in [-0.15, -0.1) is 0 Å². The van der Waals surface area contributed by atoms with Gasteiger partial charge in [-0.05, 0) is 37.4 Å². The first kappa shape index (κ1) is 15.2. The van der Waals surface area contributed by atoms with Crippen LogP contribution in [0.1, 0.15) is 45.2 Å². The van der Waals surface area contributed by atoms with Crippen molar-refractivity contribution in [3.05, 3.63) is 35.9 Å². The average Bonchev–Trinajstić information content (AvgIpc) is 2.27. The van der Waals surface area contributed by atoms with Crippen LogP contribution in [0.15, 0.2) is 30.3 Å². The molecule has 0 amide bonds. The Kier molecular flexibility index (Phi) is 5.83. The van der Waals surface area contributed by atoms with E-state index in [1.165, 1.54) is 5.56 Å². The van der Waals surface area contributed by atoms with Gasteiger partial charge in [0.2, 0.25) is 0 Å². The fraction of sp³-hybridized carbons (Fsp3) is 0.625. The Morgan fingerprint density at radius 2 is 1.78 bits per heavy atom. The second-order valence-corrected chi connectivity index (χ2v) is 6.46. The van der Waals surface area contributed by atoms with Gasteiger partial charge in [0.25, 0.3) is 0 Å². The first-order valence-electron chi connectivity index (χ1n) is 6.87. The molecular formula is C16H28N2. The maximum Gasteiger partial charge on any atom is 0.0295 e. The molecule has 18 heavy (non-hydrogen) atoms. The highest BCUT2D eigenvalue weighted by atomic mass is 15.1. The van der Waals surface area contributed by atoms with Crippen LogP contribution in [-0.2, 0) is 0 Å². The third-order valence-corrected chi connectivity index (χ3v) is 3.03. The molecule has 0 aromatic heterocycles. The molecule has 0 aliphatic carbocycles. The van der Waals surface area contributed by atoms with E-state index in [0.717, 1.165) is 25.9 Å². The first-order valence-corrected chi connectivity index (χ1v) is 6.87. The van der Waals surface area contributed by atoms with E-state index < -0.39 is 0 Å². The van der Waals surface area contributed by atoms with E-state index in [9.17, 15) is 0 Å². The zero-order chi connectivity index (χ0) is 13.6. The zero-order valence-electron chi connectivity index (χ0n) is 12.3. The Morgan fingerprint density at radius 1 is 1.17 bits per heavy atom. The van der Waals surface area contributed by atoms with Gasteiger partial charge in [-0.2, -0.15) is 0 Å². The molecule has 1 aromatic carbocycles. The summed E-state index contributed by atoms with van der Waals surface area (Å²) in [5.74, 6) is 0. The van der Waals surface area contributed by atoms with Crippen molar-refractivity contribution in [3.8, 4) is 0 Å². The molecule has 0 bridgehead atoms. The summed E-state index contributed by atoms with van der Waals surface area (Å²) < 4.78 is 0. The number of hydrogen-bond acceptors (Lipinski definition) is 2. The van der Waals surface area contributed by atoms with E-state index in [1.807, 2.05) is 6.07 Å². The molecular weight excluding hydrogens is 220 g/mol. The monoisotopic (exact) mass is 248 g/mol. The SMILES string of the molecule is CN(CCCC(N)c1ccccc1)CC(C)(C)C. The first-order chi connectivity index (χ1) is 8.38. The second-order valence-electron chi connectivity index (χ2n) is 6.46. The summed E-state index contributed by atoms with van der Waals surface area (Å²) in [5, 5.41) is 0. The molecule has 0 spiro atoms. The van der Waals surface area contributed by atoms with Crippen molar-refractivity contribution in [2.45, 2.75) is 39.7 Å². The van der Waals surface area contributed by atoms with Gasteiger partial charge in [0.15, 0.2) is 0 Å². The molecule has 102 valence electrons. The molecule has 1 aromatic rings. The maximum absolute atomic E-state index is 6.19. The number of nitrogens with two attached hydrogens (primary N) is 1. The van der Waals surface area contributed by atoms with E-state index in [2.05, 4.69) is 57.0 Å². The predicted molar refractivity (Wildman–Crippen MR) is 79.6 cm³/mol. The third-order valence-electron chi connectivity index (χ3n) is 3.03. The number of nitrogens with zero attached hydrogens (tertiary/aromatic N) is 1. The van der Waals surface area contributed by atoms with Crippen molar-refractivity contribution in [2.24, 2.45) is 11.1 Å². The maximum atomic E-state index is 6.19. The van der Waals surface area contributed by atoms with Crippen molar-refractivity contribution in [2.75, 3.05) is 20.1 Å². The van der Waals surface area contributed by atoms with Crippen molar-refractivity contribution in [1.82, 2.24) is 4.90 Å². The van der Waals surface area contributed by atoms with Crippen LogP contribution in [0.2, 0.25) is 0 Å². The van der Waals surface area contributed by atoms with E-state index in [4.69, 9.17) is 5.73 Å².